The third-order valence-electron chi connectivity index (χ3n) is 5.80. The van der Waals surface area contributed by atoms with E-state index in [1.54, 1.807) is 34.9 Å². The van der Waals surface area contributed by atoms with Crippen molar-refractivity contribution >= 4 is 10.0 Å². The van der Waals surface area contributed by atoms with Gasteiger partial charge in [0.15, 0.2) is 0 Å². The average Bonchev–Trinajstić information content (AvgIpc) is 3.25. The van der Waals surface area contributed by atoms with E-state index in [9.17, 15) is 8.42 Å². The molecule has 2 aromatic rings. The summed E-state index contributed by atoms with van der Waals surface area (Å²) in [4.78, 5) is 4.47. The molecule has 2 unspecified atom stereocenters. The van der Waals surface area contributed by atoms with Gasteiger partial charge in [-0.1, -0.05) is 0 Å². The molecule has 0 amide bonds. The van der Waals surface area contributed by atoms with E-state index in [-0.39, 0.29) is 18.2 Å². The maximum Gasteiger partial charge on any atom is 0.243 e. The maximum absolute atomic E-state index is 13.3. The zero-order valence-corrected chi connectivity index (χ0v) is 15.8. The molecule has 0 radical (unpaired) electrons. The Morgan fingerprint density at radius 1 is 1.15 bits per heavy atom. The number of pyridine rings is 1. The normalized spacial score (nSPS) is 27.2. The predicted octanol–water partition coefficient (Wildman–Crippen LogP) is 2.78. The van der Waals surface area contributed by atoms with Crippen molar-refractivity contribution in [3.8, 4) is 11.5 Å². The first kappa shape index (κ1) is 17.0. The first-order chi connectivity index (χ1) is 13.1. The van der Waals surface area contributed by atoms with E-state index in [0.717, 1.165) is 49.2 Å². The van der Waals surface area contributed by atoms with E-state index in [4.69, 9.17) is 9.47 Å². The number of hydrogen-bond acceptors (Lipinski definition) is 5. The van der Waals surface area contributed by atoms with E-state index in [1.165, 1.54) is 0 Å². The van der Waals surface area contributed by atoms with Gasteiger partial charge in [-0.2, -0.15) is 4.31 Å². The minimum absolute atomic E-state index is 0.0000685. The molecule has 1 aromatic heterocycles. The number of rotatable bonds is 4. The fourth-order valence-electron chi connectivity index (χ4n) is 4.63. The fourth-order valence-corrected chi connectivity index (χ4v) is 6.57. The Kier molecular flexibility index (Phi) is 4.09. The number of ether oxygens (including phenoxy) is 2. The van der Waals surface area contributed by atoms with E-state index in [0.29, 0.717) is 11.5 Å². The van der Waals surface area contributed by atoms with Gasteiger partial charge in [0.05, 0.1) is 17.7 Å². The summed E-state index contributed by atoms with van der Waals surface area (Å²) in [6.45, 7) is 0.626. The van der Waals surface area contributed by atoms with Crippen LogP contribution in [0.15, 0.2) is 47.6 Å². The minimum atomic E-state index is -3.51. The molecule has 4 heterocycles. The molecule has 0 spiro atoms. The summed E-state index contributed by atoms with van der Waals surface area (Å²) < 4.78 is 40.0. The van der Waals surface area contributed by atoms with Crippen molar-refractivity contribution in [2.24, 2.45) is 0 Å². The van der Waals surface area contributed by atoms with Crippen LogP contribution < -0.4 is 9.47 Å². The van der Waals surface area contributed by atoms with E-state index < -0.39 is 10.0 Å². The van der Waals surface area contributed by atoms with Crippen LogP contribution in [0, 0.1) is 0 Å². The van der Waals surface area contributed by atoms with E-state index >= 15 is 0 Å². The summed E-state index contributed by atoms with van der Waals surface area (Å²) >= 11 is 0. The summed E-state index contributed by atoms with van der Waals surface area (Å²) in [6, 6.07) is 8.99. The van der Waals surface area contributed by atoms with Crippen LogP contribution in [0.4, 0.5) is 0 Å². The van der Waals surface area contributed by atoms with Gasteiger partial charge in [-0.25, -0.2) is 8.42 Å². The van der Waals surface area contributed by atoms with Crippen molar-refractivity contribution in [2.75, 3.05) is 6.61 Å². The van der Waals surface area contributed by atoms with Crippen LogP contribution in [0.25, 0.3) is 0 Å². The van der Waals surface area contributed by atoms with Crippen molar-refractivity contribution in [2.45, 2.75) is 55.2 Å². The van der Waals surface area contributed by atoms with Crippen LogP contribution in [-0.4, -0.2) is 42.5 Å². The molecule has 2 fully saturated rings. The SMILES string of the molecule is O=S(=O)(c1ccc2c(c1)CCO2)N1C2CCC1CC(Oc1cccnc1)C2. The number of hydrogen-bond donors (Lipinski definition) is 0. The topological polar surface area (TPSA) is 68.7 Å². The highest BCUT2D eigenvalue weighted by molar-refractivity contribution is 7.89. The Balaban J connectivity index is 1.37. The Morgan fingerprint density at radius 3 is 2.70 bits per heavy atom. The quantitative estimate of drug-likeness (QED) is 0.808. The second-order valence-corrected chi connectivity index (χ2v) is 9.33. The molecule has 7 heteroatoms. The summed E-state index contributed by atoms with van der Waals surface area (Å²) in [5, 5.41) is 0. The van der Waals surface area contributed by atoms with Crippen LogP contribution in [-0.2, 0) is 16.4 Å². The zero-order valence-electron chi connectivity index (χ0n) is 15.0. The molecular weight excluding hydrogens is 364 g/mol. The Bertz CT molecular complexity index is 934. The number of aromatic nitrogens is 1. The van der Waals surface area contributed by atoms with Gasteiger partial charge in [0.1, 0.15) is 17.6 Å². The van der Waals surface area contributed by atoms with Crippen molar-refractivity contribution in [3.05, 3.63) is 48.3 Å². The minimum Gasteiger partial charge on any atom is -0.493 e. The van der Waals surface area contributed by atoms with Crippen molar-refractivity contribution in [1.82, 2.24) is 9.29 Å². The van der Waals surface area contributed by atoms with Gasteiger partial charge in [-0.3, -0.25) is 4.98 Å². The third-order valence-corrected chi connectivity index (χ3v) is 7.80. The van der Waals surface area contributed by atoms with Crippen LogP contribution in [0.2, 0.25) is 0 Å². The highest BCUT2D eigenvalue weighted by Crippen LogP contribution is 2.41. The third kappa shape index (κ3) is 2.99. The molecule has 0 N–H and O–H groups in total. The lowest BCUT2D eigenvalue weighted by molar-refractivity contribution is 0.0953. The van der Waals surface area contributed by atoms with Gasteiger partial charge >= 0.3 is 0 Å². The van der Waals surface area contributed by atoms with Crippen molar-refractivity contribution in [3.63, 3.8) is 0 Å². The van der Waals surface area contributed by atoms with Crippen molar-refractivity contribution < 1.29 is 17.9 Å². The number of sulfonamides is 1. The number of benzene rings is 1. The first-order valence-electron chi connectivity index (χ1n) is 9.47. The molecule has 142 valence electrons. The van der Waals surface area contributed by atoms with Crippen LogP contribution in [0.1, 0.15) is 31.2 Å². The van der Waals surface area contributed by atoms with Crippen LogP contribution in [0.5, 0.6) is 11.5 Å². The highest BCUT2D eigenvalue weighted by Gasteiger charge is 2.48. The standard InChI is InChI=1S/C20H22N2O4S/c23-27(24,19-5-6-20-14(10-19)7-9-25-20)22-15-3-4-16(22)12-18(11-15)26-17-2-1-8-21-13-17/h1-2,5-6,8,10,13,15-16,18H,3-4,7,9,11-12H2. The molecule has 0 aliphatic carbocycles. The van der Waals surface area contributed by atoms with Gasteiger partial charge in [0.2, 0.25) is 10.0 Å². The molecule has 2 atom stereocenters. The van der Waals surface area contributed by atoms with Crippen LogP contribution in [0.3, 0.4) is 0 Å². The second kappa shape index (κ2) is 6.49. The lowest BCUT2D eigenvalue weighted by atomic mass is 10.0. The lowest BCUT2D eigenvalue weighted by Gasteiger charge is -2.37. The van der Waals surface area contributed by atoms with Gasteiger partial charge < -0.3 is 9.47 Å². The summed E-state index contributed by atoms with van der Waals surface area (Å²) in [7, 11) is -3.51. The Labute approximate surface area is 159 Å². The average molecular weight is 386 g/mol. The molecule has 27 heavy (non-hydrogen) atoms. The summed E-state index contributed by atoms with van der Waals surface area (Å²) in [5.41, 5.74) is 0.984. The van der Waals surface area contributed by atoms with Gasteiger partial charge in [0.25, 0.3) is 0 Å². The molecular formula is C20H22N2O4S. The lowest BCUT2D eigenvalue weighted by Crippen LogP contribution is -2.49. The largest absolute Gasteiger partial charge is 0.493 e. The molecule has 5 rings (SSSR count). The molecule has 6 nitrogen and oxygen atoms in total. The summed E-state index contributed by atoms with van der Waals surface area (Å²) in [6.07, 6.45) is 7.46. The molecule has 1 aromatic carbocycles. The number of fused-ring (bicyclic) bond motifs is 3. The van der Waals surface area contributed by atoms with E-state index in [2.05, 4.69) is 4.98 Å². The highest BCUT2D eigenvalue weighted by atomic mass is 32.2. The fraction of sp³-hybridized carbons (Fsp3) is 0.450. The number of piperidine rings is 1. The Morgan fingerprint density at radius 2 is 1.96 bits per heavy atom. The second-order valence-electron chi connectivity index (χ2n) is 7.49. The Hall–Kier alpha value is -2.12. The number of nitrogens with zero attached hydrogens (tertiary/aromatic N) is 2. The van der Waals surface area contributed by atoms with E-state index in [1.807, 2.05) is 12.1 Å². The van der Waals surface area contributed by atoms with Gasteiger partial charge in [-0.05, 0) is 48.7 Å². The zero-order chi connectivity index (χ0) is 18.4. The molecule has 0 saturated carbocycles. The summed E-state index contributed by atoms with van der Waals surface area (Å²) in [5.74, 6) is 1.55. The predicted molar refractivity (Wildman–Crippen MR) is 99.4 cm³/mol. The maximum atomic E-state index is 13.3. The smallest absolute Gasteiger partial charge is 0.243 e. The van der Waals surface area contributed by atoms with Crippen molar-refractivity contribution in [1.29, 1.82) is 0 Å². The van der Waals surface area contributed by atoms with Gasteiger partial charge in [-0.15, -0.1) is 0 Å². The molecule has 3 aliphatic heterocycles. The first-order valence-corrected chi connectivity index (χ1v) is 10.9. The molecule has 2 bridgehead atoms. The molecule has 2 saturated heterocycles. The monoisotopic (exact) mass is 386 g/mol. The molecule has 3 aliphatic rings. The van der Waals surface area contributed by atoms with Crippen LogP contribution >= 0.6 is 0 Å². The van der Waals surface area contributed by atoms with Gasteiger partial charge in [0, 0.05) is 37.5 Å².